The molecule has 0 unspecified atom stereocenters. The molecule has 1 N–H and O–H groups in total. The van der Waals surface area contributed by atoms with E-state index >= 15 is 0 Å². The largest absolute Gasteiger partial charge is 0.352 e. The van der Waals surface area contributed by atoms with Gasteiger partial charge < -0.3 is 9.13 Å². The fraction of sp³-hybridized carbons (Fsp3) is 0.174. The van der Waals surface area contributed by atoms with Crippen molar-refractivity contribution in [3.05, 3.63) is 81.8 Å². The zero-order valence-electron chi connectivity index (χ0n) is 16.6. The molecule has 0 aliphatic carbocycles. The minimum absolute atomic E-state index is 0.0270. The summed E-state index contributed by atoms with van der Waals surface area (Å²) in [4.78, 5) is 25.4. The Kier molecular flexibility index (Phi) is 4.76. The Bertz CT molecular complexity index is 1270. The molecule has 0 bridgehead atoms. The summed E-state index contributed by atoms with van der Waals surface area (Å²) in [6, 6.07) is 16.7. The number of nitrogens with zero attached hydrogens (tertiary/aromatic N) is 3. The number of para-hydroxylation sites is 2. The molecule has 2 heterocycles. The molecule has 2 aromatic carbocycles. The minimum Gasteiger partial charge on any atom is -0.352 e. The van der Waals surface area contributed by atoms with Crippen molar-refractivity contribution in [2.75, 3.05) is 0 Å². The van der Waals surface area contributed by atoms with Crippen LogP contribution in [0.25, 0.3) is 21.8 Å². The van der Waals surface area contributed by atoms with Gasteiger partial charge in [0.2, 0.25) is 0 Å². The summed E-state index contributed by atoms with van der Waals surface area (Å²) in [7, 11) is 1.99. The van der Waals surface area contributed by atoms with Crippen LogP contribution in [0, 0.1) is 13.8 Å². The van der Waals surface area contributed by atoms with E-state index in [2.05, 4.69) is 15.1 Å². The van der Waals surface area contributed by atoms with Crippen LogP contribution in [0.15, 0.2) is 64.5 Å². The lowest BCUT2D eigenvalue weighted by atomic mass is 10.1. The lowest BCUT2D eigenvalue weighted by molar-refractivity contribution is -0.121. The standard InChI is InChI=1S/C23H22N4O2/c1-15-12-17(16(2)26(15)3)13-24-25-22(28)14-27-20-10-6-4-8-18(20)23(29)19-9-5-7-11-21(19)27/h4-13H,14H2,1-3H3,(H,25,28)/b24-13+. The molecule has 0 saturated carbocycles. The maximum absolute atomic E-state index is 12.8. The molecule has 0 spiro atoms. The SMILES string of the molecule is Cc1cc(/C=N/NC(=O)Cn2c3ccccc3c(=O)c3ccccc32)c(C)n1C. The highest BCUT2D eigenvalue weighted by atomic mass is 16.2. The molecule has 0 radical (unpaired) electrons. The number of carbonyl (C=O) groups excluding carboxylic acids is 1. The van der Waals surface area contributed by atoms with E-state index in [1.54, 1.807) is 18.3 Å². The molecule has 0 fully saturated rings. The van der Waals surface area contributed by atoms with Crippen LogP contribution in [-0.4, -0.2) is 21.3 Å². The third kappa shape index (κ3) is 3.33. The van der Waals surface area contributed by atoms with Gasteiger partial charge in [-0.05, 0) is 44.2 Å². The topological polar surface area (TPSA) is 68.4 Å². The van der Waals surface area contributed by atoms with Crippen LogP contribution in [-0.2, 0) is 18.4 Å². The van der Waals surface area contributed by atoms with Crippen molar-refractivity contribution in [3.8, 4) is 0 Å². The Morgan fingerprint density at radius 2 is 1.62 bits per heavy atom. The summed E-state index contributed by atoms with van der Waals surface area (Å²) >= 11 is 0. The van der Waals surface area contributed by atoms with Gasteiger partial charge >= 0.3 is 0 Å². The van der Waals surface area contributed by atoms with Crippen LogP contribution in [0.2, 0.25) is 0 Å². The Labute approximate surface area is 168 Å². The van der Waals surface area contributed by atoms with E-state index < -0.39 is 0 Å². The third-order valence-electron chi connectivity index (χ3n) is 5.39. The van der Waals surface area contributed by atoms with Gasteiger partial charge in [-0.3, -0.25) is 9.59 Å². The Hall–Kier alpha value is -3.67. The van der Waals surface area contributed by atoms with Crippen molar-refractivity contribution in [1.29, 1.82) is 0 Å². The van der Waals surface area contributed by atoms with Crippen molar-refractivity contribution in [3.63, 3.8) is 0 Å². The summed E-state index contributed by atoms with van der Waals surface area (Å²) in [5, 5.41) is 5.31. The predicted octanol–water partition coefficient (Wildman–Crippen LogP) is 3.26. The second kappa shape index (κ2) is 7.39. The summed E-state index contributed by atoms with van der Waals surface area (Å²) < 4.78 is 3.93. The van der Waals surface area contributed by atoms with Gasteiger partial charge in [0.15, 0.2) is 5.43 Å². The number of hydrogen-bond donors (Lipinski definition) is 1. The number of amides is 1. The average molecular weight is 386 g/mol. The zero-order valence-corrected chi connectivity index (χ0v) is 16.6. The number of aromatic nitrogens is 2. The summed E-state index contributed by atoms with van der Waals surface area (Å²) in [6.07, 6.45) is 1.65. The maximum atomic E-state index is 12.8. The fourth-order valence-electron chi connectivity index (χ4n) is 3.62. The van der Waals surface area contributed by atoms with Crippen molar-refractivity contribution in [1.82, 2.24) is 14.6 Å². The first-order valence-electron chi connectivity index (χ1n) is 9.42. The molecule has 0 aliphatic rings. The summed E-state index contributed by atoms with van der Waals surface area (Å²) in [5.41, 5.74) is 7.20. The van der Waals surface area contributed by atoms with Gasteiger partial charge in [0.1, 0.15) is 6.54 Å². The number of carbonyl (C=O) groups is 1. The second-order valence-electron chi connectivity index (χ2n) is 7.13. The number of hydrazone groups is 1. The predicted molar refractivity (Wildman–Crippen MR) is 116 cm³/mol. The van der Waals surface area contributed by atoms with E-state index in [1.807, 2.05) is 67.9 Å². The highest BCUT2D eigenvalue weighted by molar-refractivity contribution is 5.95. The molecule has 4 aromatic rings. The van der Waals surface area contributed by atoms with E-state index in [9.17, 15) is 9.59 Å². The lowest BCUT2D eigenvalue weighted by Gasteiger charge is -2.14. The first-order chi connectivity index (χ1) is 14.0. The number of rotatable bonds is 4. The van der Waals surface area contributed by atoms with Crippen molar-refractivity contribution < 1.29 is 4.79 Å². The van der Waals surface area contributed by atoms with E-state index in [0.29, 0.717) is 10.8 Å². The normalized spacial score (nSPS) is 11.6. The number of pyridine rings is 1. The van der Waals surface area contributed by atoms with E-state index in [4.69, 9.17) is 0 Å². The molecule has 0 saturated heterocycles. The summed E-state index contributed by atoms with van der Waals surface area (Å²) in [5.74, 6) is -0.259. The average Bonchev–Trinajstić information content (AvgIpc) is 2.98. The highest BCUT2D eigenvalue weighted by Gasteiger charge is 2.12. The van der Waals surface area contributed by atoms with Crippen molar-refractivity contribution in [2.45, 2.75) is 20.4 Å². The first-order valence-corrected chi connectivity index (χ1v) is 9.42. The van der Waals surface area contributed by atoms with E-state index in [-0.39, 0.29) is 17.9 Å². The van der Waals surface area contributed by atoms with Crippen LogP contribution in [0.1, 0.15) is 17.0 Å². The molecule has 4 rings (SSSR count). The van der Waals surface area contributed by atoms with Gasteiger partial charge in [0, 0.05) is 34.8 Å². The van der Waals surface area contributed by atoms with Crippen LogP contribution >= 0.6 is 0 Å². The molecule has 1 amide bonds. The molecule has 2 aromatic heterocycles. The number of benzene rings is 2. The smallest absolute Gasteiger partial charge is 0.260 e. The monoisotopic (exact) mass is 386 g/mol. The number of aryl methyl sites for hydroxylation is 1. The Morgan fingerprint density at radius 3 is 2.17 bits per heavy atom. The van der Waals surface area contributed by atoms with Crippen molar-refractivity contribution in [2.24, 2.45) is 12.1 Å². The Morgan fingerprint density at radius 1 is 1.03 bits per heavy atom. The Balaban J connectivity index is 1.65. The molecule has 146 valence electrons. The maximum Gasteiger partial charge on any atom is 0.260 e. The van der Waals surface area contributed by atoms with Gasteiger partial charge in [-0.15, -0.1) is 0 Å². The van der Waals surface area contributed by atoms with Gasteiger partial charge in [0.05, 0.1) is 17.2 Å². The lowest BCUT2D eigenvalue weighted by Crippen LogP contribution is -2.25. The van der Waals surface area contributed by atoms with Crippen molar-refractivity contribution >= 4 is 33.9 Å². The number of hydrogen-bond acceptors (Lipinski definition) is 3. The highest BCUT2D eigenvalue weighted by Crippen LogP contribution is 2.19. The second-order valence-corrected chi connectivity index (χ2v) is 7.13. The van der Waals surface area contributed by atoms with Gasteiger partial charge in [-0.1, -0.05) is 24.3 Å². The first kappa shape index (κ1) is 18.7. The van der Waals surface area contributed by atoms with Crippen LogP contribution in [0.4, 0.5) is 0 Å². The van der Waals surface area contributed by atoms with Gasteiger partial charge in [-0.2, -0.15) is 5.10 Å². The molecule has 6 heteroatoms. The number of nitrogens with one attached hydrogen (secondary N) is 1. The quantitative estimate of drug-likeness (QED) is 0.332. The van der Waals surface area contributed by atoms with E-state index in [1.165, 1.54) is 0 Å². The molecule has 29 heavy (non-hydrogen) atoms. The van der Waals surface area contributed by atoms with E-state index in [0.717, 1.165) is 28.0 Å². The van der Waals surface area contributed by atoms with Gasteiger partial charge in [-0.25, -0.2) is 5.43 Å². The summed E-state index contributed by atoms with van der Waals surface area (Å²) in [6.45, 7) is 4.09. The zero-order chi connectivity index (χ0) is 20.5. The molecular formula is C23H22N4O2. The minimum atomic E-state index is -0.259. The van der Waals surface area contributed by atoms with Crippen LogP contribution in [0.3, 0.4) is 0 Å². The third-order valence-corrected chi connectivity index (χ3v) is 5.39. The van der Waals surface area contributed by atoms with Crippen LogP contribution < -0.4 is 10.9 Å². The molecule has 6 nitrogen and oxygen atoms in total. The van der Waals surface area contributed by atoms with Gasteiger partial charge in [0.25, 0.3) is 5.91 Å². The number of fused-ring (bicyclic) bond motifs is 2. The molecule has 0 aliphatic heterocycles. The molecule has 0 atom stereocenters. The van der Waals surface area contributed by atoms with Crippen LogP contribution in [0.5, 0.6) is 0 Å². The fourth-order valence-corrected chi connectivity index (χ4v) is 3.62. The molecular weight excluding hydrogens is 364 g/mol.